The summed E-state index contributed by atoms with van der Waals surface area (Å²) in [4.78, 5) is 40.9. The maximum absolute atomic E-state index is 12.7. The van der Waals surface area contributed by atoms with E-state index >= 15 is 0 Å². The van der Waals surface area contributed by atoms with Gasteiger partial charge in [-0.2, -0.15) is 0 Å². The summed E-state index contributed by atoms with van der Waals surface area (Å²) in [6.07, 6.45) is 3.14. The molecular formula is C18H25N3O3. The molecule has 6 nitrogen and oxygen atoms in total. The molecule has 2 aliphatic rings. The monoisotopic (exact) mass is 331 g/mol. The molecule has 1 aliphatic heterocycles. The molecule has 0 N–H and O–H groups in total. The van der Waals surface area contributed by atoms with E-state index in [9.17, 15) is 14.4 Å². The molecule has 3 rings (SSSR count). The maximum Gasteiger partial charge on any atom is 0.263 e. The van der Waals surface area contributed by atoms with E-state index in [2.05, 4.69) is 0 Å². The molecule has 1 saturated carbocycles. The van der Waals surface area contributed by atoms with E-state index in [1.165, 1.54) is 4.57 Å². The number of pyridine rings is 1. The first-order valence-electron chi connectivity index (χ1n) is 8.65. The maximum atomic E-state index is 12.7. The van der Waals surface area contributed by atoms with E-state index in [1.807, 2.05) is 18.7 Å². The number of aryl methyl sites for hydroxylation is 1. The molecule has 1 aromatic heterocycles. The van der Waals surface area contributed by atoms with Gasteiger partial charge in [0.05, 0.1) is 0 Å². The van der Waals surface area contributed by atoms with Crippen molar-refractivity contribution in [1.82, 2.24) is 14.4 Å². The fraction of sp³-hybridized carbons (Fsp3) is 0.611. The Hall–Kier alpha value is -2.11. The van der Waals surface area contributed by atoms with Crippen molar-refractivity contribution in [2.45, 2.75) is 33.1 Å². The lowest BCUT2D eigenvalue weighted by Gasteiger charge is -2.38. The van der Waals surface area contributed by atoms with Crippen molar-refractivity contribution in [2.24, 2.45) is 13.0 Å². The predicted molar refractivity (Wildman–Crippen MR) is 91.0 cm³/mol. The number of amides is 2. The van der Waals surface area contributed by atoms with E-state index < -0.39 is 0 Å². The van der Waals surface area contributed by atoms with Crippen LogP contribution in [0.2, 0.25) is 0 Å². The Kier molecular flexibility index (Phi) is 4.47. The van der Waals surface area contributed by atoms with Crippen molar-refractivity contribution >= 4 is 11.8 Å². The molecular weight excluding hydrogens is 306 g/mol. The molecule has 0 aromatic carbocycles. The van der Waals surface area contributed by atoms with Crippen LogP contribution >= 0.6 is 0 Å². The van der Waals surface area contributed by atoms with Gasteiger partial charge >= 0.3 is 0 Å². The highest BCUT2D eigenvalue weighted by Gasteiger charge is 2.32. The van der Waals surface area contributed by atoms with Crippen LogP contribution in [0, 0.1) is 19.8 Å². The van der Waals surface area contributed by atoms with Crippen LogP contribution in [0.3, 0.4) is 0 Å². The summed E-state index contributed by atoms with van der Waals surface area (Å²) in [7, 11) is 1.69. The summed E-state index contributed by atoms with van der Waals surface area (Å²) in [6.45, 7) is 5.88. The van der Waals surface area contributed by atoms with Crippen molar-refractivity contribution in [3.63, 3.8) is 0 Å². The first-order chi connectivity index (χ1) is 11.4. The van der Waals surface area contributed by atoms with E-state index in [0.717, 1.165) is 30.5 Å². The van der Waals surface area contributed by atoms with Gasteiger partial charge in [-0.05, 0) is 38.3 Å². The van der Waals surface area contributed by atoms with Crippen LogP contribution in [-0.4, -0.2) is 52.4 Å². The van der Waals surface area contributed by atoms with Gasteiger partial charge in [-0.3, -0.25) is 14.4 Å². The van der Waals surface area contributed by atoms with Gasteiger partial charge in [-0.15, -0.1) is 0 Å². The van der Waals surface area contributed by atoms with Crippen molar-refractivity contribution in [3.05, 3.63) is 33.2 Å². The third-order valence-electron chi connectivity index (χ3n) is 5.53. The lowest BCUT2D eigenvalue weighted by molar-refractivity contribution is -0.139. The summed E-state index contributed by atoms with van der Waals surface area (Å²) >= 11 is 0. The van der Waals surface area contributed by atoms with Gasteiger partial charge in [0.2, 0.25) is 5.91 Å². The number of hydrogen-bond donors (Lipinski definition) is 0. The van der Waals surface area contributed by atoms with E-state index in [0.29, 0.717) is 26.2 Å². The smallest absolute Gasteiger partial charge is 0.263 e. The number of hydrogen-bond acceptors (Lipinski definition) is 3. The van der Waals surface area contributed by atoms with Crippen LogP contribution in [0.25, 0.3) is 0 Å². The van der Waals surface area contributed by atoms with Gasteiger partial charge in [0.15, 0.2) is 0 Å². The third kappa shape index (κ3) is 2.85. The molecule has 1 aromatic rings. The molecule has 1 aliphatic carbocycles. The minimum atomic E-state index is -0.254. The molecule has 0 radical (unpaired) electrons. The zero-order valence-electron chi connectivity index (χ0n) is 14.7. The number of aromatic nitrogens is 1. The first-order valence-corrected chi connectivity index (χ1v) is 8.65. The van der Waals surface area contributed by atoms with Crippen LogP contribution < -0.4 is 5.56 Å². The highest BCUT2D eigenvalue weighted by Crippen LogP contribution is 2.28. The topological polar surface area (TPSA) is 62.6 Å². The zero-order valence-corrected chi connectivity index (χ0v) is 14.7. The van der Waals surface area contributed by atoms with Crippen LogP contribution in [0.15, 0.2) is 10.9 Å². The largest absolute Gasteiger partial charge is 0.339 e. The minimum Gasteiger partial charge on any atom is -0.339 e. The molecule has 6 heteroatoms. The summed E-state index contributed by atoms with van der Waals surface area (Å²) in [5.74, 6) is 0.198. The summed E-state index contributed by atoms with van der Waals surface area (Å²) in [6, 6.07) is 1.69. The Balaban J connectivity index is 1.69. The Bertz CT molecular complexity index is 726. The van der Waals surface area contributed by atoms with Gasteiger partial charge in [-0.25, -0.2) is 0 Å². The van der Waals surface area contributed by atoms with Crippen molar-refractivity contribution in [1.29, 1.82) is 0 Å². The average Bonchev–Trinajstić information content (AvgIpc) is 2.54. The fourth-order valence-electron chi connectivity index (χ4n) is 3.35. The second-order valence-corrected chi connectivity index (χ2v) is 6.94. The Morgan fingerprint density at radius 1 is 1.04 bits per heavy atom. The zero-order chi connectivity index (χ0) is 17.4. The average molecular weight is 331 g/mol. The second kappa shape index (κ2) is 6.42. The lowest BCUT2D eigenvalue weighted by Crippen LogP contribution is -2.53. The molecule has 2 heterocycles. The van der Waals surface area contributed by atoms with Crippen molar-refractivity contribution < 1.29 is 9.59 Å². The van der Waals surface area contributed by atoms with Crippen molar-refractivity contribution in [2.75, 3.05) is 26.2 Å². The number of carbonyl (C=O) groups is 2. The summed E-state index contributed by atoms with van der Waals surface area (Å²) in [5, 5.41) is 0. The molecule has 0 atom stereocenters. The van der Waals surface area contributed by atoms with E-state index in [4.69, 9.17) is 0 Å². The minimum absolute atomic E-state index is 0.194. The Labute approximate surface area is 142 Å². The van der Waals surface area contributed by atoms with Crippen LogP contribution in [-0.2, 0) is 11.8 Å². The Morgan fingerprint density at radius 3 is 2.17 bits per heavy atom. The van der Waals surface area contributed by atoms with Gasteiger partial charge in [0.1, 0.15) is 5.56 Å². The number of piperazine rings is 1. The normalized spacial score (nSPS) is 18.5. The van der Waals surface area contributed by atoms with Crippen LogP contribution in [0.1, 0.15) is 40.9 Å². The van der Waals surface area contributed by atoms with Gasteiger partial charge in [-0.1, -0.05) is 6.42 Å². The number of nitrogens with zero attached hydrogens (tertiary/aromatic N) is 3. The highest BCUT2D eigenvalue weighted by molar-refractivity contribution is 5.94. The standard InChI is InChI=1S/C18H25N3O3/c1-12-11-15(17(23)19(3)13(12)2)18(24)21-9-7-20(8-10-21)16(22)14-5-4-6-14/h11,14H,4-10H2,1-3H3. The van der Waals surface area contributed by atoms with E-state index in [-0.39, 0.29) is 28.9 Å². The second-order valence-electron chi connectivity index (χ2n) is 6.94. The van der Waals surface area contributed by atoms with Gasteiger partial charge < -0.3 is 14.4 Å². The molecule has 0 unspecified atom stereocenters. The summed E-state index contributed by atoms with van der Waals surface area (Å²) < 4.78 is 1.53. The fourth-order valence-corrected chi connectivity index (χ4v) is 3.35. The quantitative estimate of drug-likeness (QED) is 0.815. The molecule has 24 heavy (non-hydrogen) atoms. The number of rotatable bonds is 2. The molecule has 0 bridgehead atoms. The molecule has 2 amide bonds. The molecule has 2 fully saturated rings. The Morgan fingerprint density at radius 2 is 1.62 bits per heavy atom. The van der Waals surface area contributed by atoms with Crippen LogP contribution in [0.4, 0.5) is 0 Å². The molecule has 1 saturated heterocycles. The van der Waals surface area contributed by atoms with Gasteiger partial charge in [0, 0.05) is 44.8 Å². The highest BCUT2D eigenvalue weighted by atomic mass is 16.2. The first kappa shape index (κ1) is 16.7. The molecule has 0 spiro atoms. The predicted octanol–water partition coefficient (Wildman–Crippen LogP) is 1.09. The SMILES string of the molecule is Cc1cc(C(=O)N2CCN(C(=O)C3CCC3)CC2)c(=O)n(C)c1C. The molecule has 130 valence electrons. The van der Waals surface area contributed by atoms with Crippen LogP contribution in [0.5, 0.6) is 0 Å². The number of carbonyl (C=O) groups excluding carboxylic acids is 2. The third-order valence-corrected chi connectivity index (χ3v) is 5.53. The van der Waals surface area contributed by atoms with E-state index in [1.54, 1.807) is 18.0 Å². The summed E-state index contributed by atoms with van der Waals surface area (Å²) in [5.41, 5.74) is 1.77. The van der Waals surface area contributed by atoms with Gasteiger partial charge in [0.25, 0.3) is 11.5 Å². The van der Waals surface area contributed by atoms with Crippen molar-refractivity contribution in [3.8, 4) is 0 Å². The lowest BCUT2D eigenvalue weighted by atomic mass is 9.84.